The average molecular weight is 378 g/mol. The van der Waals surface area contributed by atoms with E-state index in [1.165, 1.54) is 0 Å². The van der Waals surface area contributed by atoms with Crippen LogP contribution in [0.15, 0.2) is 53.5 Å². The largest absolute Gasteiger partial charge is 0.356 e. The van der Waals surface area contributed by atoms with Gasteiger partial charge in [-0.05, 0) is 36.2 Å². The first-order chi connectivity index (χ1) is 13.7. The van der Waals surface area contributed by atoms with Crippen molar-refractivity contribution >= 4 is 22.9 Å². The Morgan fingerprint density at radius 3 is 2.61 bits per heavy atom. The Hall–Kier alpha value is -3.35. The Morgan fingerprint density at radius 1 is 1.07 bits per heavy atom. The molecular formula is C21H26N6O. The highest BCUT2D eigenvalue weighted by molar-refractivity contribution is 5.94. The summed E-state index contributed by atoms with van der Waals surface area (Å²) in [4.78, 5) is 23.9. The van der Waals surface area contributed by atoms with Crippen molar-refractivity contribution in [3.05, 3.63) is 65.5 Å². The molecule has 0 aliphatic carbocycles. The molecule has 0 unspecified atom stereocenters. The molecule has 146 valence electrons. The van der Waals surface area contributed by atoms with Crippen molar-refractivity contribution in [1.82, 2.24) is 25.9 Å². The van der Waals surface area contributed by atoms with Crippen LogP contribution >= 0.6 is 0 Å². The first kappa shape index (κ1) is 19.4. The van der Waals surface area contributed by atoms with Gasteiger partial charge in [-0.25, -0.2) is 4.98 Å². The van der Waals surface area contributed by atoms with Crippen LogP contribution in [0, 0.1) is 0 Å². The van der Waals surface area contributed by atoms with Crippen LogP contribution in [-0.2, 0) is 12.8 Å². The average Bonchev–Trinajstić information content (AvgIpc) is 3.15. The number of fused-ring (bicyclic) bond motifs is 1. The van der Waals surface area contributed by atoms with Gasteiger partial charge in [0.25, 0.3) is 5.91 Å². The third-order valence-electron chi connectivity index (χ3n) is 4.44. The van der Waals surface area contributed by atoms with Crippen molar-refractivity contribution in [2.24, 2.45) is 4.99 Å². The number of hydrogen-bond donors (Lipinski definition) is 4. The van der Waals surface area contributed by atoms with Gasteiger partial charge in [0.1, 0.15) is 5.82 Å². The van der Waals surface area contributed by atoms with Gasteiger partial charge in [0, 0.05) is 39.2 Å². The Balaban J connectivity index is 1.44. The number of carbonyl (C=O) groups excluding carboxylic acids is 1. The molecule has 4 N–H and O–H groups in total. The lowest BCUT2D eigenvalue weighted by molar-refractivity contribution is 0.0963. The van der Waals surface area contributed by atoms with Crippen LogP contribution in [0.4, 0.5) is 0 Å². The number of hydrogen-bond acceptors (Lipinski definition) is 3. The Morgan fingerprint density at radius 2 is 1.86 bits per heavy atom. The van der Waals surface area contributed by atoms with E-state index in [9.17, 15) is 4.79 Å². The van der Waals surface area contributed by atoms with E-state index in [0.717, 1.165) is 54.3 Å². The lowest BCUT2D eigenvalue weighted by Gasteiger charge is -2.11. The fraction of sp³-hybridized carbons (Fsp3) is 0.286. The number of H-pyrrole nitrogens is 1. The fourth-order valence-electron chi connectivity index (χ4n) is 2.98. The molecular weight excluding hydrogens is 352 g/mol. The Kier molecular flexibility index (Phi) is 6.62. The van der Waals surface area contributed by atoms with Crippen molar-refractivity contribution in [3.8, 4) is 0 Å². The molecule has 0 aliphatic rings. The van der Waals surface area contributed by atoms with E-state index in [-0.39, 0.29) is 5.91 Å². The minimum absolute atomic E-state index is 0.0714. The molecule has 1 aromatic heterocycles. The molecule has 3 rings (SSSR count). The van der Waals surface area contributed by atoms with Crippen LogP contribution < -0.4 is 16.0 Å². The molecule has 2 aromatic carbocycles. The summed E-state index contributed by atoms with van der Waals surface area (Å²) in [5.41, 5.74) is 3.82. The molecule has 0 atom stereocenters. The molecule has 7 heteroatoms. The number of para-hydroxylation sites is 2. The zero-order valence-corrected chi connectivity index (χ0v) is 16.2. The second kappa shape index (κ2) is 9.55. The van der Waals surface area contributed by atoms with Gasteiger partial charge in [-0.3, -0.25) is 9.79 Å². The van der Waals surface area contributed by atoms with E-state index in [4.69, 9.17) is 0 Å². The van der Waals surface area contributed by atoms with Gasteiger partial charge < -0.3 is 20.9 Å². The standard InChI is InChI=1S/C21H26N6O/c1-22-20(28)16-7-5-6-15(14-16)10-12-24-21(23-2)25-13-11-19-26-17-8-3-4-9-18(17)27-19/h3-9,14H,10-13H2,1-2H3,(H,22,28)(H,26,27)(H2,23,24,25). The summed E-state index contributed by atoms with van der Waals surface area (Å²) in [6.45, 7) is 1.45. The maximum atomic E-state index is 11.7. The third kappa shape index (κ3) is 5.09. The molecule has 3 aromatic rings. The maximum absolute atomic E-state index is 11.7. The third-order valence-corrected chi connectivity index (χ3v) is 4.44. The number of aromatic amines is 1. The van der Waals surface area contributed by atoms with Gasteiger partial charge in [0.05, 0.1) is 11.0 Å². The van der Waals surface area contributed by atoms with Gasteiger partial charge in [-0.2, -0.15) is 0 Å². The van der Waals surface area contributed by atoms with E-state index >= 15 is 0 Å². The zero-order valence-electron chi connectivity index (χ0n) is 16.2. The van der Waals surface area contributed by atoms with Crippen molar-refractivity contribution < 1.29 is 4.79 Å². The summed E-state index contributed by atoms with van der Waals surface area (Å²) < 4.78 is 0. The predicted molar refractivity (Wildman–Crippen MR) is 113 cm³/mol. The van der Waals surface area contributed by atoms with Crippen molar-refractivity contribution in [2.75, 3.05) is 27.2 Å². The number of nitrogens with zero attached hydrogens (tertiary/aromatic N) is 2. The monoisotopic (exact) mass is 378 g/mol. The van der Waals surface area contributed by atoms with E-state index in [0.29, 0.717) is 5.56 Å². The second-order valence-electron chi connectivity index (χ2n) is 6.41. The molecule has 0 radical (unpaired) electrons. The van der Waals surface area contributed by atoms with Crippen LogP contribution in [0.5, 0.6) is 0 Å². The number of benzene rings is 2. The lowest BCUT2D eigenvalue weighted by atomic mass is 10.1. The van der Waals surface area contributed by atoms with Gasteiger partial charge in [-0.1, -0.05) is 24.3 Å². The fourth-order valence-corrected chi connectivity index (χ4v) is 2.98. The Labute approximate surface area is 164 Å². The molecule has 0 aliphatic heterocycles. The predicted octanol–water partition coefficient (Wildman–Crippen LogP) is 1.87. The van der Waals surface area contributed by atoms with Crippen molar-refractivity contribution in [2.45, 2.75) is 12.8 Å². The summed E-state index contributed by atoms with van der Waals surface area (Å²) in [5.74, 6) is 1.63. The number of imidazole rings is 1. The highest BCUT2D eigenvalue weighted by atomic mass is 16.1. The number of guanidine groups is 1. The normalized spacial score (nSPS) is 11.4. The number of aliphatic imine (C=N–C) groups is 1. The smallest absolute Gasteiger partial charge is 0.251 e. The molecule has 28 heavy (non-hydrogen) atoms. The van der Waals surface area contributed by atoms with Crippen LogP contribution in [-0.4, -0.2) is 49.0 Å². The van der Waals surface area contributed by atoms with E-state index < -0.39 is 0 Å². The zero-order chi connectivity index (χ0) is 19.8. The summed E-state index contributed by atoms with van der Waals surface area (Å²) >= 11 is 0. The van der Waals surface area contributed by atoms with E-state index in [1.54, 1.807) is 14.1 Å². The highest BCUT2D eigenvalue weighted by Gasteiger charge is 2.05. The molecule has 0 saturated heterocycles. The molecule has 0 bridgehead atoms. The van der Waals surface area contributed by atoms with Crippen LogP contribution in [0.2, 0.25) is 0 Å². The molecule has 7 nitrogen and oxygen atoms in total. The first-order valence-corrected chi connectivity index (χ1v) is 9.39. The molecule has 1 amide bonds. The maximum Gasteiger partial charge on any atom is 0.251 e. The number of carbonyl (C=O) groups is 1. The first-order valence-electron chi connectivity index (χ1n) is 9.39. The lowest BCUT2D eigenvalue weighted by Crippen LogP contribution is -2.39. The summed E-state index contributed by atoms with van der Waals surface area (Å²) in [5, 5.41) is 9.25. The van der Waals surface area contributed by atoms with Crippen molar-refractivity contribution in [3.63, 3.8) is 0 Å². The SMILES string of the molecule is CN=C(NCCc1cccc(C(=O)NC)c1)NCCc1nc2ccccc2[nH]1. The second-order valence-corrected chi connectivity index (χ2v) is 6.41. The summed E-state index contributed by atoms with van der Waals surface area (Å²) in [6, 6.07) is 15.7. The van der Waals surface area contributed by atoms with Crippen LogP contribution in [0.3, 0.4) is 0 Å². The molecule has 0 spiro atoms. The van der Waals surface area contributed by atoms with Gasteiger partial charge >= 0.3 is 0 Å². The van der Waals surface area contributed by atoms with Gasteiger partial charge in [0.15, 0.2) is 5.96 Å². The van der Waals surface area contributed by atoms with Crippen LogP contribution in [0.1, 0.15) is 21.7 Å². The molecule has 1 heterocycles. The highest BCUT2D eigenvalue weighted by Crippen LogP contribution is 2.10. The van der Waals surface area contributed by atoms with Crippen LogP contribution in [0.25, 0.3) is 11.0 Å². The van der Waals surface area contributed by atoms with E-state index in [2.05, 4.69) is 30.9 Å². The van der Waals surface area contributed by atoms with E-state index in [1.807, 2.05) is 48.5 Å². The molecule has 0 saturated carbocycles. The number of nitrogens with one attached hydrogen (secondary N) is 4. The van der Waals surface area contributed by atoms with Gasteiger partial charge in [-0.15, -0.1) is 0 Å². The minimum atomic E-state index is -0.0714. The van der Waals surface area contributed by atoms with Crippen molar-refractivity contribution in [1.29, 1.82) is 0 Å². The van der Waals surface area contributed by atoms with Gasteiger partial charge in [0.2, 0.25) is 0 Å². The quantitative estimate of drug-likeness (QED) is 0.373. The Bertz CT molecular complexity index is 929. The summed E-state index contributed by atoms with van der Waals surface area (Å²) in [7, 11) is 3.39. The number of amides is 1. The topological polar surface area (TPSA) is 94.2 Å². The number of aromatic nitrogens is 2. The minimum Gasteiger partial charge on any atom is -0.356 e. The molecule has 0 fully saturated rings. The summed E-state index contributed by atoms with van der Waals surface area (Å²) in [6.07, 6.45) is 1.58. The number of rotatable bonds is 7.